The quantitative estimate of drug-likeness (QED) is 0.0646. The van der Waals surface area contributed by atoms with E-state index in [1.165, 1.54) is 24.3 Å². The number of rotatable bonds is 8. The maximum atomic E-state index is 13.0. The maximum absolute atomic E-state index is 13.0. The monoisotopic (exact) mass is 725 g/mol. The lowest BCUT2D eigenvalue weighted by Gasteiger charge is -2.13. The first-order valence-electron chi connectivity index (χ1n) is 11.0. The molecular formula is C25H17F5IN3O3S3. The van der Waals surface area contributed by atoms with Crippen LogP contribution < -0.4 is 5.32 Å². The van der Waals surface area contributed by atoms with Gasteiger partial charge in [0.25, 0.3) is 0 Å². The molecule has 4 rings (SSSR count). The van der Waals surface area contributed by atoms with Gasteiger partial charge in [-0.15, -0.1) is 12.6 Å². The molecule has 0 saturated carbocycles. The molecule has 0 amide bonds. The van der Waals surface area contributed by atoms with Gasteiger partial charge in [-0.05, 0) is 111 Å². The molecule has 0 aliphatic rings. The van der Waals surface area contributed by atoms with Crippen molar-refractivity contribution in [2.75, 3.05) is 5.32 Å². The molecule has 0 radical (unpaired) electrons. The Balaban J connectivity index is 1.78. The van der Waals surface area contributed by atoms with Gasteiger partial charge in [0.2, 0.25) is 11.2 Å². The highest BCUT2D eigenvalue weighted by Crippen LogP contribution is 2.35. The van der Waals surface area contributed by atoms with E-state index in [9.17, 15) is 32.1 Å². The molecule has 0 aliphatic carbocycles. The Hall–Kier alpha value is -2.89. The molecule has 2 atom stereocenters. The van der Waals surface area contributed by atoms with Gasteiger partial charge in [0.05, 0.1) is 11.4 Å². The molecule has 0 heterocycles. The molecule has 6 nitrogen and oxygen atoms in total. The summed E-state index contributed by atoms with van der Waals surface area (Å²) >= 11 is -0.889. The normalized spacial score (nSPS) is 13.3. The van der Waals surface area contributed by atoms with E-state index in [0.29, 0.717) is 27.9 Å². The Morgan fingerprint density at radius 2 is 0.950 bits per heavy atom. The minimum atomic E-state index is -5.31. The van der Waals surface area contributed by atoms with Gasteiger partial charge in [0, 0.05) is 5.69 Å². The standard InChI is InChI=1S/C25H17F5IN3O3S3/c26-38(35)25(31)32-22-7-1-16(2-8-22)19-13-20(17-3-9-23(10-4-17)33-39(27,28)36)15-21(14-19)18-5-11-24(12-6-18)34-40(29,30)37/h1-15,25,32H. The van der Waals surface area contributed by atoms with Crippen LogP contribution in [0.5, 0.6) is 0 Å². The average Bonchev–Trinajstić information content (AvgIpc) is 2.88. The van der Waals surface area contributed by atoms with E-state index in [0.717, 1.165) is 11.1 Å². The van der Waals surface area contributed by atoms with Crippen LogP contribution in [0.2, 0.25) is 0 Å². The zero-order valence-corrected chi connectivity index (χ0v) is 24.5. The van der Waals surface area contributed by atoms with Crippen molar-refractivity contribution in [3.63, 3.8) is 0 Å². The van der Waals surface area contributed by atoms with Crippen LogP contribution in [0.1, 0.15) is 0 Å². The summed E-state index contributed by atoms with van der Waals surface area (Å²) in [7, 11) is -10.6. The van der Waals surface area contributed by atoms with E-state index in [4.69, 9.17) is 0 Å². The van der Waals surface area contributed by atoms with Gasteiger partial charge in [-0.25, -0.2) is 4.21 Å². The highest BCUT2D eigenvalue weighted by atomic mass is 127. The summed E-state index contributed by atoms with van der Waals surface area (Å²) < 4.78 is 102. The Kier molecular flexibility index (Phi) is 9.26. The first kappa shape index (κ1) is 30.1. The second kappa shape index (κ2) is 12.3. The third-order valence-electron chi connectivity index (χ3n) is 5.42. The number of hydrogen-bond donors (Lipinski definition) is 1. The number of alkyl halides is 1. The van der Waals surface area contributed by atoms with Crippen LogP contribution >= 0.6 is 22.6 Å². The predicted octanol–water partition coefficient (Wildman–Crippen LogP) is 9.19. The van der Waals surface area contributed by atoms with Crippen LogP contribution in [0, 0.1) is 0 Å². The number of benzene rings is 4. The molecular weight excluding hydrogens is 708 g/mol. The smallest absolute Gasteiger partial charge is 0.361 e. The summed E-state index contributed by atoms with van der Waals surface area (Å²) in [5.74, 6) is 0. The summed E-state index contributed by atoms with van der Waals surface area (Å²) in [4.78, 5) is 0. The Morgan fingerprint density at radius 3 is 1.25 bits per heavy atom. The van der Waals surface area contributed by atoms with Crippen LogP contribution in [0.15, 0.2) is 99.7 Å². The molecule has 15 heteroatoms. The fraction of sp³-hybridized carbons (Fsp3) is 0.0400. The van der Waals surface area contributed by atoms with Gasteiger partial charge < -0.3 is 5.32 Å². The average molecular weight is 726 g/mol. The van der Waals surface area contributed by atoms with Crippen LogP contribution in [-0.4, -0.2) is 16.0 Å². The Bertz CT molecular complexity index is 1690. The number of hydrogen-bond acceptors (Lipinski definition) is 6. The minimum absolute atomic E-state index is 0.155. The van der Waals surface area contributed by atoms with Gasteiger partial charge in [0.1, 0.15) is 0 Å². The molecule has 1 N–H and O–H groups in total. The predicted molar refractivity (Wildman–Crippen MR) is 158 cm³/mol. The topological polar surface area (TPSA) is 88.0 Å². The zero-order valence-electron chi connectivity index (χ0n) is 19.8. The lowest BCUT2D eigenvalue weighted by Crippen LogP contribution is -2.14. The van der Waals surface area contributed by atoms with Gasteiger partial charge in [-0.3, -0.25) is 0 Å². The first-order chi connectivity index (χ1) is 18.8. The Morgan fingerprint density at radius 1 is 0.625 bits per heavy atom. The highest BCUT2D eigenvalue weighted by Gasteiger charge is 2.13. The highest BCUT2D eigenvalue weighted by molar-refractivity contribution is 14.1. The van der Waals surface area contributed by atoms with Crippen molar-refractivity contribution in [2.45, 2.75) is 3.38 Å². The van der Waals surface area contributed by atoms with Crippen molar-refractivity contribution in [1.29, 1.82) is 0 Å². The van der Waals surface area contributed by atoms with E-state index in [1.807, 2.05) is 12.1 Å². The van der Waals surface area contributed by atoms with Crippen LogP contribution in [0.4, 0.5) is 36.5 Å². The van der Waals surface area contributed by atoms with Gasteiger partial charge in [0.15, 0.2) is 3.38 Å². The molecule has 4 aromatic carbocycles. The number of anilines is 1. The van der Waals surface area contributed by atoms with Gasteiger partial charge >= 0.3 is 21.0 Å². The molecule has 0 spiro atoms. The fourth-order valence-electron chi connectivity index (χ4n) is 3.74. The van der Waals surface area contributed by atoms with E-state index in [2.05, 4.69) is 14.0 Å². The third-order valence-corrected chi connectivity index (χ3v) is 8.22. The van der Waals surface area contributed by atoms with Crippen molar-refractivity contribution >= 4 is 71.8 Å². The first-order valence-corrected chi connectivity index (χ1v) is 16.0. The lowest BCUT2D eigenvalue weighted by atomic mass is 9.93. The van der Waals surface area contributed by atoms with Crippen molar-refractivity contribution in [3.05, 3.63) is 91.0 Å². The summed E-state index contributed by atoms with van der Waals surface area (Å²) in [5, 5.41) is 2.78. The van der Waals surface area contributed by atoms with Gasteiger partial charge in [-0.2, -0.15) is 8.42 Å². The van der Waals surface area contributed by atoms with Crippen molar-refractivity contribution in [1.82, 2.24) is 0 Å². The number of nitrogens with one attached hydrogen (secondary N) is 1. The molecule has 210 valence electrons. The summed E-state index contributed by atoms with van der Waals surface area (Å²) in [6.45, 7) is 0. The van der Waals surface area contributed by atoms with Crippen molar-refractivity contribution < 1.29 is 32.1 Å². The zero-order chi connectivity index (χ0) is 29.1. The second-order valence-electron chi connectivity index (χ2n) is 8.16. The van der Waals surface area contributed by atoms with E-state index in [-0.39, 0.29) is 11.4 Å². The largest absolute Gasteiger partial charge is 0.371 e. The molecule has 0 saturated heterocycles. The summed E-state index contributed by atoms with van der Waals surface area (Å²) in [5.41, 5.74) is 4.32. The molecule has 0 aromatic heterocycles. The fourth-order valence-corrected chi connectivity index (χ4v) is 5.06. The molecule has 0 bridgehead atoms. The van der Waals surface area contributed by atoms with Gasteiger partial charge in [-0.1, -0.05) is 51.9 Å². The molecule has 2 unspecified atom stereocenters. The molecule has 0 fully saturated rings. The summed E-state index contributed by atoms with van der Waals surface area (Å²) in [6.07, 6.45) is 0. The van der Waals surface area contributed by atoms with Crippen LogP contribution in [0.3, 0.4) is 0 Å². The Labute approximate surface area is 244 Å². The van der Waals surface area contributed by atoms with Crippen LogP contribution in [0.25, 0.3) is 33.4 Å². The van der Waals surface area contributed by atoms with E-state index in [1.54, 1.807) is 77.2 Å². The van der Waals surface area contributed by atoms with Crippen LogP contribution in [-0.2, 0) is 32.2 Å². The number of halogens is 6. The lowest BCUT2D eigenvalue weighted by molar-refractivity contribution is 0.586. The minimum Gasteiger partial charge on any atom is -0.361 e. The molecule has 4 aromatic rings. The maximum Gasteiger partial charge on any atom is 0.371 e. The number of nitrogens with zero attached hydrogens (tertiary/aromatic N) is 2. The van der Waals surface area contributed by atoms with Crippen molar-refractivity contribution in [3.8, 4) is 33.4 Å². The van der Waals surface area contributed by atoms with E-state index >= 15 is 0 Å². The van der Waals surface area contributed by atoms with Crippen molar-refractivity contribution in [2.24, 2.45) is 8.73 Å². The second-order valence-corrected chi connectivity index (χ2v) is 13.2. The molecule has 0 aliphatic heterocycles. The van der Waals surface area contributed by atoms with E-state index < -0.39 is 35.6 Å². The molecule has 40 heavy (non-hydrogen) atoms. The SMILES string of the molecule is O=S(F)C(I)Nc1ccc(-c2cc(-c3ccc(N=S(=O)(F)F)cc3)cc(-c3ccc(N=S(=O)(F)F)cc3)c2)cc1. The third kappa shape index (κ3) is 8.55. The summed E-state index contributed by atoms with van der Waals surface area (Å²) in [6, 6.07) is 23.8.